The van der Waals surface area contributed by atoms with Crippen LogP contribution in [0, 0.1) is 24.0 Å². The van der Waals surface area contributed by atoms with Crippen LogP contribution in [0.5, 0.6) is 0 Å². The number of primary amides is 1. The van der Waals surface area contributed by atoms with Gasteiger partial charge in [0.15, 0.2) is 0 Å². The topological polar surface area (TPSA) is 129 Å². The van der Waals surface area contributed by atoms with Gasteiger partial charge in [-0.15, -0.1) is 0 Å². The van der Waals surface area contributed by atoms with Crippen LogP contribution in [0.25, 0.3) is 11.1 Å². The van der Waals surface area contributed by atoms with E-state index in [1.54, 1.807) is 13.8 Å². The van der Waals surface area contributed by atoms with Gasteiger partial charge in [-0.05, 0) is 31.5 Å². The van der Waals surface area contributed by atoms with Crippen LogP contribution < -0.4 is 11.2 Å². The number of hydrogen-bond donors (Lipinski definition) is 2. The minimum Gasteiger partial charge on any atom is -0.465 e. The number of urea groups is 1. The lowest BCUT2D eigenvalue weighted by atomic mass is 10.0. The summed E-state index contributed by atoms with van der Waals surface area (Å²) in [4.78, 5) is 33.6. The number of nitro benzene ring substituents is 1. The quantitative estimate of drug-likeness (QED) is 0.503. The largest absolute Gasteiger partial charge is 0.465 e. The van der Waals surface area contributed by atoms with E-state index < -0.39 is 16.9 Å². The van der Waals surface area contributed by atoms with Gasteiger partial charge < -0.3 is 10.5 Å². The maximum absolute atomic E-state index is 12.2. The number of benzene rings is 1. The minimum atomic E-state index is -0.789. The number of amides is 2. The first-order valence-electron chi connectivity index (χ1n) is 6.89. The first-order chi connectivity index (χ1) is 11.3. The van der Waals surface area contributed by atoms with Gasteiger partial charge in [0.05, 0.1) is 23.3 Å². The zero-order valence-corrected chi connectivity index (χ0v) is 13.3. The molecule has 1 aromatic carbocycles. The van der Waals surface area contributed by atoms with Crippen LogP contribution in [0.4, 0.5) is 10.5 Å². The van der Waals surface area contributed by atoms with Crippen LogP contribution in [0.2, 0.25) is 0 Å². The van der Waals surface area contributed by atoms with Gasteiger partial charge in [-0.25, -0.2) is 15.0 Å². The lowest BCUT2D eigenvalue weighted by Gasteiger charge is -2.09. The standard InChI is InChI=1S/C15H16N4O5/c1-8-12(10-4-6-11(7-5-10)19(22)23)13(14(20)24-3)9(2)18(8)17-15(16)21/h4-7H,1-3H3,(H3,16,17,21). The number of nitrogens with one attached hydrogen (secondary N) is 1. The second-order valence-electron chi connectivity index (χ2n) is 5.03. The summed E-state index contributed by atoms with van der Waals surface area (Å²) in [7, 11) is 1.25. The summed E-state index contributed by atoms with van der Waals surface area (Å²) in [6, 6.07) is 4.94. The highest BCUT2D eigenvalue weighted by molar-refractivity contribution is 6.00. The van der Waals surface area contributed by atoms with Gasteiger partial charge >= 0.3 is 12.0 Å². The lowest BCUT2D eigenvalue weighted by molar-refractivity contribution is -0.384. The van der Waals surface area contributed by atoms with E-state index in [0.29, 0.717) is 22.5 Å². The highest BCUT2D eigenvalue weighted by Gasteiger charge is 2.25. The summed E-state index contributed by atoms with van der Waals surface area (Å²) in [6.07, 6.45) is 0. The van der Waals surface area contributed by atoms with Crippen LogP contribution in [0.3, 0.4) is 0 Å². The highest BCUT2D eigenvalue weighted by Crippen LogP contribution is 2.33. The fraction of sp³-hybridized carbons (Fsp3) is 0.200. The molecule has 24 heavy (non-hydrogen) atoms. The van der Waals surface area contributed by atoms with Gasteiger partial charge in [0, 0.05) is 23.4 Å². The van der Waals surface area contributed by atoms with Gasteiger partial charge in [-0.3, -0.25) is 14.8 Å². The van der Waals surface area contributed by atoms with Crippen molar-refractivity contribution in [1.29, 1.82) is 0 Å². The first kappa shape index (κ1) is 17.0. The Balaban J connectivity index is 2.69. The molecule has 2 aromatic rings. The fourth-order valence-electron chi connectivity index (χ4n) is 2.57. The maximum atomic E-state index is 12.2. The zero-order chi connectivity index (χ0) is 18.0. The molecule has 0 aliphatic heterocycles. The van der Waals surface area contributed by atoms with E-state index in [1.165, 1.54) is 36.1 Å². The number of hydrogen-bond acceptors (Lipinski definition) is 5. The third kappa shape index (κ3) is 2.91. The number of nitrogens with two attached hydrogens (primary N) is 1. The third-order valence-corrected chi connectivity index (χ3v) is 3.62. The summed E-state index contributed by atoms with van der Waals surface area (Å²) in [6.45, 7) is 3.32. The van der Waals surface area contributed by atoms with Crippen LogP contribution in [-0.2, 0) is 4.74 Å². The van der Waals surface area contributed by atoms with Gasteiger partial charge in [-0.1, -0.05) is 0 Å². The van der Waals surface area contributed by atoms with Crippen LogP contribution in [0.1, 0.15) is 21.7 Å². The van der Waals surface area contributed by atoms with E-state index in [1.807, 2.05) is 0 Å². The van der Waals surface area contributed by atoms with E-state index in [-0.39, 0.29) is 11.3 Å². The van der Waals surface area contributed by atoms with Crippen molar-refractivity contribution in [3.05, 3.63) is 51.3 Å². The summed E-state index contributed by atoms with van der Waals surface area (Å²) in [5.74, 6) is -0.589. The number of ether oxygens (including phenoxy) is 1. The number of nitro groups is 1. The number of methoxy groups -OCH3 is 1. The molecule has 0 aliphatic carbocycles. The summed E-state index contributed by atoms with van der Waals surface area (Å²) < 4.78 is 6.19. The van der Waals surface area contributed by atoms with E-state index in [4.69, 9.17) is 10.5 Å². The molecule has 0 unspecified atom stereocenters. The molecule has 0 fully saturated rings. The Morgan fingerprint density at radius 1 is 1.21 bits per heavy atom. The van der Waals surface area contributed by atoms with Crippen molar-refractivity contribution < 1.29 is 19.2 Å². The summed E-state index contributed by atoms with van der Waals surface area (Å²) >= 11 is 0. The second kappa shape index (κ2) is 6.41. The van der Waals surface area contributed by atoms with Crippen molar-refractivity contribution in [3.8, 4) is 11.1 Å². The van der Waals surface area contributed by atoms with E-state index in [2.05, 4.69) is 5.43 Å². The molecule has 0 radical (unpaired) electrons. The van der Waals surface area contributed by atoms with Gasteiger partial charge in [0.1, 0.15) is 0 Å². The molecule has 0 aliphatic rings. The molecule has 2 rings (SSSR count). The molecule has 2 amide bonds. The van der Waals surface area contributed by atoms with Crippen LogP contribution in [0.15, 0.2) is 24.3 Å². The fourth-order valence-corrected chi connectivity index (χ4v) is 2.57. The van der Waals surface area contributed by atoms with E-state index in [9.17, 15) is 19.7 Å². The Bertz CT molecular complexity index is 823. The molecule has 9 heteroatoms. The average Bonchev–Trinajstić information content (AvgIpc) is 2.78. The number of aromatic nitrogens is 1. The molecule has 0 atom stereocenters. The molecule has 0 saturated carbocycles. The van der Waals surface area contributed by atoms with Crippen molar-refractivity contribution in [2.45, 2.75) is 13.8 Å². The van der Waals surface area contributed by atoms with E-state index in [0.717, 1.165) is 0 Å². The van der Waals surface area contributed by atoms with Crippen molar-refractivity contribution >= 4 is 17.7 Å². The second-order valence-corrected chi connectivity index (χ2v) is 5.03. The minimum absolute atomic E-state index is 0.0672. The Hall–Kier alpha value is -3.36. The smallest absolute Gasteiger partial charge is 0.340 e. The summed E-state index contributed by atoms with van der Waals surface area (Å²) in [5, 5.41) is 10.8. The predicted molar refractivity (Wildman–Crippen MR) is 86.3 cm³/mol. The predicted octanol–water partition coefficient (Wildman–Crippen LogP) is 2.09. The summed E-state index contributed by atoms with van der Waals surface area (Å²) in [5.41, 5.74) is 9.82. The highest BCUT2D eigenvalue weighted by atomic mass is 16.6. The number of esters is 1. The van der Waals surface area contributed by atoms with Crippen LogP contribution in [-0.4, -0.2) is 28.7 Å². The zero-order valence-electron chi connectivity index (χ0n) is 13.3. The normalized spacial score (nSPS) is 10.3. The molecule has 0 bridgehead atoms. The maximum Gasteiger partial charge on any atom is 0.340 e. The Morgan fingerprint density at radius 3 is 2.25 bits per heavy atom. The van der Waals surface area contributed by atoms with E-state index >= 15 is 0 Å². The van der Waals surface area contributed by atoms with Crippen molar-refractivity contribution in [1.82, 2.24) is 4.68 Å². The molecule has 0 saturated heterocycles. The molecular weight excluding hydrogens is 316 g/mol. The molecule has 3 N–H and O–H groups in total. The van der Waals surface area contributed by atoms with Gasteiger partial charge in [-0.2, -0.15) is 0 Å². The van der Waals surface area contributed by atoms with Crippen LogP contribution >= 0.6 is 0 Å². The average molecular weight is 332 g/mol. The number of carbonyl (C=O) groups excluding carboxylic acids is 2. The third-order valence-electron chi connectivity index (χ3n) is 3.62. The molecular formula is C15H16N4O5. The van der Waals surface area contributed by atoms with Crippen molar-refractivity contribution in [2.75, 3.05) is 12.5 Å². The molecule has 1 aromatic heterocycles. The molecule has 1 heterocycles. The van der Waals surface area contributed by atoms with Crippen molar-refractivity contribution in [3.63, 3.8) is 0 Å². The Morgan fingerprint density at radius 2 is 1.79 bits per heavy atom. The van der Waals surface area contributed by atoms with Crippen molar-refractivity contribution in [2.24, 2.45) is 5.73 Å². The lowest BCUT2D eigenvalue weighted by Crippen LogP contribution is -2.29. The number of nitrogens with zero attached hydrogens (tertiary/aromatic N) is 2. The molecule has 126 valence electrons. The van der Waals surface area contributed by atoms with Gasteiger partial charge in [0.2, 0.25) is 0 Å². The SMILES string of the molecule is COC(=O)c1c(-c2ccc([N+](=O)[O-])cc2)c(C)n(NC(N)=O)c1C. The van der Waals surface area contributed by atoms with Gasteiger partial charge in [0.25, 0.3) is 5.69 Å². The molecule has 0 spiro atoms. The monoisotopic (exact) mass is 332 g/mol. The number of rotatable bonds is 4. The number of carbonyl (C=O) groups is 2. The first-order valence-corrected chi connectivity index (χ1v) is 6.89. The number of non-ortho nitro benzene ring substituents is 1. The molecule has 9 nitrogen and oxygen atoms in total. The Kier molecular flexibility index (Phi) is 4.54. The Labute approximate surface area is 137 Å².